The molecule has 0 bridgehead atoms. The maximum atomic E-state index is 16.4. The Balaban J connectivity index is 0.00000204. The molecule has 1 radical (unpaired) electrons. The van der Waals surface area contributed by atoms with Crippen molar-refractivity contribution in [2.75, 3.05) is 0 Å². The van der Waals surface area contributed by atoms with Crippen LogP contribution in [-0.4, -0.2) is 6.04 Å². The van der Waals surface area contributed by atoms with Crippen LogP contribution in [0.3, 0.4) is 0 Å². The zero-order valence-electron chi connectivity index (χ0n) is 17.2. The van der Waals surface area contributed by atoms with Gasteiger partial charge in [0.15, 0.2) is 0 Å². The van der Waals surface area contributed by atoms with Gasteiger partial charge in [0, 0.05) is 43.8 Å². The molecule has 31 heavy (non-hydrogen) atoms. The van der Waals surface area contributed by atoms with E-state index in [0.29, 0.717) is 11.5 Å². The summed E-state index contributed by atoms with van der Waals surface area (Å²) in [6.07, 6.45) is 5.44. The molecule has 1 saturated carbocycles. The van der Waals surface area contributed by atoms with E-state index in [1.165, 1.54) is 0 Å². The van der Waals surface area contributed by atoms with Crippen molar-refractivity contribution in [3.05, 3.63) is 79.2 Å². The Labute approximate surface area is 206 Å². The van der Waals surface area contributed by atoms with Crippen molar-refractivity contribution in [3.8, 4) is 22.6 Å². The second-order valence-electron chi connectivity index (χ2n) is 8.25. The third-order valence-electron chi connectivity index (χ3n) is 6.46. The van der Waals surface area contributed by atoms with Crippen molar-refractivity contribution in [2.45, 2.75) is 31.7 Å². The molecule has 2 nitrogen and oxygen atoms in total. The van der Waals surface area contributed by atoms with Gasteiger partial charge in [0.05, 0.1) is 5.92 Å². The number of fused-ring (bicyclic) bond motifs is 7. The predicted molar refractivity (Wildman–Crippen MR) is 118 cm³/mol. The minimum absolute atomic E-state index is 0. The molecule has 153 valence electrons. The summed E-state index contributed by atoms with van der Waals surface area (Å²) in [5.41, 5.74) is 1.81. The average Bonchev–Trinajstić information content (AvgIpc) is 2.94. The van der Waals surface area contributed by atoms with Crippen molar-refractivity contribution in [1.29, 1.82) is 0 Å². The second kappa shape index (κ2) is 8.18. The number of alkyl halides is 1. The summed E-state index contributed by atoms with van der Waals surface area (Å²) < 4.78 is 28.7. The molecule has 6 rings (SSSR count). The van der Waals surface area contributed by atoms with Crippen LogP contribution in [0.1, 0.15) is 25.7 Å². The molecule has 4 heteroatoms. The summed E-state index contributed by atoms with van der Waals surface area (Å²) in [4.78, 5) is 0. The van der Waals surface area contributed by atoms with Gasteiger partial charge in [-0.3, -0.25) is 0 Å². The van der Waals surface area contributed by atoms with E-state index < -0.39 is 6.04 Å². The number of hydrogen-bond acceptors (Lipinski definition) is 2. The zero-order valence-corrected chi connectivity index (χ0v) is 20.0. The molecule has 0 N–H and O–H groups in total. The van der Waals surface area contributed by atoms with Gasteiger partial charge in [0.1, 0.15) is 11.5 Å². The predicted octanol–water partition coefficient (Wildman–Crippen LogP) is 7.45. The molecule has 1 aliphatic carbocycles. The monoisotopic (exact) mass is 486 g/mol. The molecule has 0 spiro atoms. The maximum Gasteiger partial charge on any atom is 0.410 e. The molecule has 2 aliphatic rings. The number of hydrogen-bond donors (Lipinski definition) is 0. The summed E-state index contributed by atoms with van der Waals surface area (Å²) in [7, 11) is 0. The molecule has 1 heterocycles. The van der Waals surface area contributed by atoms with Crippen LogP contribution in [0, 0.1) is 12.3 Å². The fourth-order valence-corrected chi connectivity index (χ4v) is 4.95. The zero-order chi connectivity index (χ0) is 20.1. The minimum atomic E-state index is -2.18. The van der Waals surface area contributed by atoms with E-state index in [2.05, 4.69) is 30.7 Å². The summed E-state index contributed by atoms with van der Waals surface area (Å²) in [5, 5.41) is 4.27. The van der Waals surface area contributed by atoms with E-state index in [-0.39, 0.29) is 38.6 Å². The smallest absolute Gasteiger partial charge is 0.410 e. The van der Waals surface area contributed by atoms with Gasteiger partial charge in [-0.1, -0.05) is 73.5 Å². The Bertz CT molecular complexity index is 1180. The molecular weight excluding hydrogens is 464 g/mol. The first-order valence-corrected chi connectivity index (χ1v) is 10.7. The quantitative estimate of drug-likeness (QED) is 0.260. The van der Waals surface area contributed by atoms with Crippen LogP contribution >= 0.6 is 0 Å². The van der Waals surface area contributed by atoms with Crippen molar-refractivity contribution in [3.63, 3.8) is 0 Å². The first kappa shape index (κ1) is 20.9. The average molecular weight is 486 g/mol. The number of halogens is 1. The summed E-state index contributed by atoms with van der Waals surface area (Å²) in [5.74, 6) is 0.779. The largest absolute Gasteiger partial charge is 0.426 e. The van der Waals surface area contributed by atoms with Gasteiger partial charge >= 0.3 is 6.04 Å². The van der Waals surface area contributed by atoms with E-state index >= 15 is 4.39 Å². The van der Waals surface area contributed by atoms with Crippen LogP contribution < -0.4 is 9.47 Å². The molecule has 0 atom stereocenters. The molecule has 0 aromatic heterocycles. The summed E-state index contributed by atoms with van der Waals surface area (Å²) in [6, 6.07) is 22.0. The Hall–Kier alpha value is -1.97. The molecule has 4 aromatic carbocycles. The van der Waals surface area contributed by atoms with Gasteiger partial charge in [0.2, 0.25) is 0 Å². The van der Waals surface area contributed by atoms with Crippen LogP contribution in [0.15, 0.2) is 72.8 Å². The van der Waals surface area contributed by atoms with E-state index in [9.17, 15) is 0 Å². The molecule has 0 amide bonds. The van der Waals surface area contributed by atoms with E-state index in [1.807, 2.05) is 48.5 Å². The molecule has 1 fully saturated rings. The van der Waals surface area contributed by atoms with E-state index in [4.69, 9.17) is 9.47 Å². The SMILES string of the molecule is FC1(C2CC[CH-]CC2)Oc2ccc3ccccc3c2-c2c(ccc3ccccc23)O1.[Y]. The van der Waals surface area contributed by atoms with Crippen LogP contribution in [0.4, 0.5) is 4.39 Å². The van der Waals surface area contributed by atoms with Crippen LogP contribution in [0.25, 0.3) is 32.7 Å². The Morgan fingerprint density at radius 1 is 0.710 bits per heavy atom. The van der Waals surface area contributed by atoms with Gasteiger partial charge in [-0.2, -0.15) is 17.2 Å². The first-order chi connectivity index (χ1) is 14.7. The third kappa shape index (κ3) is 3.47. The van der Waals surface area contributed by atoms with Crippen LogP contribution in [0.2, 0.25) is 0 Å². The Kier molecular flexibility index (Phi) is 5.52. The number of benzene rings is 4. The fourth-order valence-electron chi connectivity index (χ4n) is 4.95. The number of ether oxygens (including phenoxy) is 2. The molecular formula is C27H22FO2Y-. The normalized spacial score (nSPS) is 17.6. The summed E-state index contributed by atoms with van der Waals surface area (Å²) in [6.45, 7) is 0. The van der Waals surface area contributed by atoms with Crippen LogP contribution in [0.5, 0.6) is 11.5 Å². The molecule has 4 aromatic rings. The number of rotatable bonds is 1. The van der Waals surface area contributed by atoms with E-state index in [0.717, 1.165) is 58.4 Å². The summed E-state index contributed by atoms with van der Waals surface area (Å²) >= 11 is 0. The molecule has 0 unspecified atom stereocenters. The van der Waals surface area contributed by atoms with E-state index in [1.54, 1.807) is 0 Å². The minimum Gasteiger partial charge on any atom is -0.426 e. The van der Waals surface area contributed by atoms with Gasteiger partial charge in [-0.05, 0) is 33.7 Å². The van der Waals surface area contributed by atoms with Crippen molar-refractivity contribution >= 4 is 21.5 Å². The molecule has 1 aliphatic heterocycles. The maximum absolute atomic E-state index is 16.4. The Morgan fingerprint density at radius 2 is 1.19 bits per heavy atom. The first-order valence-electron chi connectivity index (χ1n) is 10.7. The standard InChI is InChI=1S/C27H22FO2.Y/c28-27(20-10-2-1-3-11-20)29-23-16-14-18-8-4-6-12-21(18)25(23)26-22-13-7-5-9-19(22)15-17-24(26)30-27;/h1,4-9,12-17,20H,2-3,10-11H2;/q-1;. The Morgan fingerprint density at radius 3 is 1.71 bits per heavy atom. The molecule has 0 saturated heterocycles. The van der Waals surface area contributed by atoms with Crippen LogP contribution in [-0.2, 0) is 32.7 Å². The van der Waals surface area contributed by atoms with Gasteiger partial charge in [-0.25, -0.2) is 0 Å². The third-order valence-corrected chi connectivity index (χ3v) is 6.46. The van der Waals surface area contributed by atoms with Crippen molar-refractivity contribution in [2.24, 2.45) is 5.92 Å². The fraction of sp³-hybridized carbons (Fsp3) is 0.222. The topological polar surface area (TPSA) is 18.5 Å². The van der Waals surface area contributed by atoms with Crippen molar-refractivity contribution in [1.82, 2.24) is 0 Å². The van der Waals surface area contributed by atoms with Gasteiger partial charge in [-0.15, -0.1) is 0 Å². The van der Waals surface area contributed by atoms with Gasteiger partial charge < -0.3 is 15.9 Å². The van der Waals surface area contributed by atoms with Crippen molar-refractivity contribution < 1.29 is 46.6 Å². The second-order valence-corrected chi connectivity index (χ2v) is 8.25. The van der Waals surface area contributed by atoms with Gasteiger partial charge in [0.25, 0.3) is 0 Å².